The van der Waals surface area contributed by atoms with Gasteiger partial charge in [0.1, 0.15) is 6.07 Å². The van der Waals surface area contributed by atoms with Crippen LogP contribution in [0.4, 0.5) is 5.69 Å². The minimum atomic E-state index is 0.724. The highest BCUT2D eigenvalue weighted by molar-refractivity contribution is 5.62. The van der Waals surface area contributed by atoms with Crippen LogP contribution in [0.2, 0.25) is 0 Å². The highest BCUT2D eigenvalue weighted by Crippen LogP contribution is 2.19. The van der Waals surface area contributed by atoms with Gasteiger partial charge in [-0.15, -0.1) is 0 Å². The average Bonchev–Trinajstić information content (AvgIpc) is 2.35. The Morgan fingerprint density at radius 2 is 2.12 bits per heavy atom. The molecule has 0 aliphatic rings. The molecule has 92 valence electrons. The number of ether oxygens (including phenoxy) is 1. The number of hydrogen-bond donors (Lipinski definition) is 1. The van der Waals surface area contributed by atoms with Crippen molar-refractivity contribution in [2.45, 2.75) is 26.2 Å². The summed E-state index contributed by atoms with van der Waals surface area (Å²) in [5.74, 6) is 0. The molecule has 0 atom stereocenters. The number of methoxy groups -OCH3 is 1. The molecule has 0 unspecified atom stereocenters. The molecular formula is C14H20N2O. The van der Waals surface area contributed by atoms with E-state index in [0.29, 0.717) is 0 Å². The predicted molar refractivity (Wildman–Crippen MR) is 70.1 cm³/mol. The average molecular weight is 232 g/mol. The van der Waals surface area contributed by atoms with Crippen molar-refractivity contribution in [1.29, 1.82) is 5.26 Å². The van der Waals surface area contributed by atoms with Crippen molar-refractivity contribution in [2.24, 2.45) is 0 Å². The van der Waals surface area contributed by atoms with E-state index in [9.17, 15) is 0 Å². The summed E-state index contributed by atoms with van der Waals surface area (Å²) in [6, 6.07) is 8.00. The van der Waals surface area contributed by atoms with Gasteiger partial charge in [0.15, 0.2) is 0 Å². The number of nitrogens with one attached hydrogen (secondary N) is 1. The topological polar surface area (TPSA) is 45.0 Å². The molecule has 0 fully saturated rings. The third-order valence-corrected chi connectivity index (χ3v) is 2.72. The fourth-order valence-corrected chi connectivity index (χ4v) is 1.76. The van der Waals surface area contributed by atoms with E-state index >= 15 is 0 Å². The first kappa shape index (κ1) is 13.5. The molecule has 1 N–H and O–H groups in total. The van der Waals surface area contributed by atoms with Crippen LogP contribution < -0.4 is 5.32 Å². The van der Waals surface area contributed by atoms with Crippen LogP contribution in [0.1, 0.15) is 30.4 Å². The maximum atomic E-state index is 9.01. The van der Waals surface area contributed by atoms with Gasteiger partial charge in [0.25, 0.3) is 0 Å². The number of nitriles is 1. The van der Waals surface area contributed by atoms with Crippen molar-refractivity contribution in [3.05, 3.63) is 29.3 Å². The molecule has 1 rings (SSSR count). The summed E-state index contributed by atoms with van der Waals surface area (Å²) >= 11 is 0. The van der Waals surface area contributed by atoms with Crippen molar-refractivity contribution < 1.29 is 4.74 Å². The fourth-order valence-electron chi connectivity index (χ4n) is 1.76. The molecule has 0 amide bonds. The SMILES string of the molecule is COCCCCCNc1c(C)cccc1C#N. The monoisotopic (exact) mass is 232 g/mol. The first-order valence-corrected chi connectivity index (χ1v) is 6.02. The molecule has 0 radical (unpaired) electrons. The summed E-state index contributed by atoms with van der Waals surface area (Å²) < 4.78 is 5.00. The van der Waals surface area contributed by atoms with E-state index < -0.39 is 0 Å². The third kappa shape index (κ3) is 4.46. The Morgan fingerprint density at radius 3 is 2.82 bits per heavy atom. The van der Waals surface area contributed by atoms with Gasteiger partial charge in [-0.1, -0.05) is 12.1 Å². The smallest absolute Gasteiger partial charge is 0.101 e. The first-order valence-electron chi connectivity index (χ1n) is 6.02. The Balaban J connectivity index is 2.39. The largest absolute Gasteiger partial charge is 0.385 e. The fraction of sp³-hybridized carbons (Fsp3) is 0.500. The molecule has 0 aliphatic carbocycles. The van der Waals surface area contributed by atoms with Crippen LogP contribution in [-0.4, -0.2) is 20.3 Å². The maximum absolute atomic E-state index is 9.01. The molecule has 3 heteroatoms. The summed E-state index contributed by atoms with van der Waals surface area (Å²) in [5, 5.41) is 12.4. The van der Waals surface area contributed by atoms with Gasteiger partial charge in [0.2, 0.25) is 0 Å². The van der Waals surface area contributed by atoms with Gasteiger partial charge >= 0.3 is 0 Å². The van der Waals surface area contributed by atoms with Gasteiger partial charge in [0.05, 0.1) is 11.3 Å². The Hall–Kier alpha value is -1.53. The number of benzene rings is 1. The first-order chi connectivity index (χ1) is 8.29. The van der Waals surface area contributed by atoms with Gasteiger partial charge < -0.3 is 10.1 Å². The van der Waals surface area contributed by atoms with E-state index in [2.05, 4.69) is 11.4 Å². The van der Waals surface area contributed by atoms with E-state index in [1.165, 1.54) is 0 Å². The number of rotatable bonds is 7. The minimum Gasteiger partial charge on any atom is -0.385 e. The Kier molecular flexibility index (Phi) is 6.13. The van der Waals surface area contributed by atoms with Crippen LogP contribution >= 0.6 is 0 Å². The number of hydrogen-bond acceptors (Lipinski definition) is 3. The van der Waals surface area contributed by atoms with Crippen LogP contribution in [-0.2, 0) is 4.74 Å². The summed E-state index contributed by atoms with van der Waals surface area (Å²) in [6.45, 7) is 3.76. The van der Waals surface area contributed by atoms with Gasteiger partial charge in [-0.2, -0.15) is 5.26 Å². The van der Waals surface area contributed by atoms with Crippen LogP contribution in [0, 0.1) is 18.3 Å². The molecule has 0 saturated carbocycles. The second-order valence-corrected chi connectivity index (χ2v) is 4.09. The highest BCUT2D eigenvalue weighted by Gasteiger charge is 2.03. The summed E-state index contributed by atoms with van der Waals surface area (Å²) in [6.07, 6.45) is 3.34. The number of anilines is 1. The number of aryl methyl sites for hydroxylation is 1. The van der Waals surface area contributed by atoms with Gasteiger partial charge in [-0.3, -0.25) is 0 Å². The van der Waals surface area contributed by atoms with Gasteiger partial charge in [-0.25, -0.2) is 0 Å². The van der Waals surface area contributed by atoms with E-state index in [4.69, 9.17) is 10.00 Å². The minimum absolute atomic E-state index is 0.724. The van der Waals surface area contributed by atoms with Crippen molar-refractivity contribution in [3.63, 3.8) is 0 Å². The van der Waals surface area contributed by atoms with Crippen molar-refractivity contribution in [1.82, 2.24) is 0 Å². The number of para-hydroxylation sites is 1. The van der Waals surface area contributed by atoms with Crippen LogP contribution in [0.25, 0.3) is 0 Å². The summed E-state index contributed by atoms with van der Waals surface area (Å²) in [4.78, 5) is 0. The second kappa shape index (κ2) is 7.70. The van der Waals surface area contributed by atoms with E-state index in [0.717, 1.165) is 49.2 Å². The Morgan fingerprint density at radius 1 is 1.29 bits per heavy atom. The lowest BCUT2D eigenvalue weighted by Gasteiger charge is -2.10. The summed E-state index contributed by atoms with van der Waals surface area (Å²) in [5.41, 5.74) is 2.82. The van der Waals surface area contributed by atoms with E-state index in [1.807, 2.05) is 25.1 Å². The van der Waals surface area contributed by atoms with E-state index in [-0.39, 0.29) is 0 Å². The zero-order valence-corrected chi connectivity index (χ0v) is 10.6. The number of nitrogens with zero attached hydrogens (tertiary/aromatic N) is 1. The van der Waals surface area contributed by atoms with Gasteiger partial charge in [0, 0.05) is 20.3 Å². The Labute approximate surface area is 103 Å². The second-order valence-electron chi connectivity index (χ2n) is 4.09. The molecule has 0 bridgehead atoms. The highest BCUT2D eigenvalue weighted by atomic mass is 16.5. The standard InChI is InChI=1S/C14H20N2O/c1-12-7-6-8-13(11-15)14(12)16-9-4-3-5-10-17-2/h6-8,16H,3-5,9-10H2,1-2H3. The van der Waals surface area contributed by atoms with Crippen LogP contribution in [0.3, 0.4) is 0 Å². The lowest BCUT2D eigenvalue weighted by molar-refractivity contribution is 0.192. The van der Waals surface area contributed by atoms with Crippen molar-refractivity contribution in [3.8, 4) is 6.07 Å². The quantitative estimate of drug-likeness (QED) is 0.735. The molecule has 3 nitrogen and oxygen atoms in total. The Bertz CT molecular complexity index is 382. The summed E-state index contributed by atoms with van der Waals surface area (Å²) in [7, 11) is 1.73. The molecule has 1 aromatic carbocycles. The molecule has 1 aromatic rings. The molecule has 0 heterocycles. The predicted octanol–water partition coefficient (Wildman–Crippen LogP) is 3.10. The van der Waals surface area contributed by atoms with Crippen molar-refractivity contribution >= 4 is 5.69 Å². The van der Waals surface area contributed by atoms with Crippen molar-refractivity contribution in [2.75, 3.05) is 25.6 Å². The lowest BCUT2D eigenvalue weighted by atomic mass is 10.1. The third-order valence-electron chi connectivity index (χ3n) is 2.72. The molecule has 17 heavy (non-hydrogen) atoms. The molecular weight excluding hydrogens is 212 g/mol. The molecule has 0 aromatic heterocycles. The number of unbranched alkanes of at least 4 members (excludes halogenated alkanes) is 2. The van der Waals surface area contributed by atoms with Crippen LogP contribution in [0.5, 0.6) is 0 Å². The van der Waals surface area contributed by atoms with Crippen LogP contribution in [0.15, 0.2) is 18.2 Å². The zero-order chi connectivity index (χ0) is 12.5. The maximum Gasteiger partial charge on any atom is 0.101 e. The van der Waals surface area contributed by atoms with Gasteiger partial charge in [-0.05, 0) is 37.8 Å². The molecule has 0 spiro atoms. The van der Waals surface area contributed by atoms with E-state index in [1.54, 1.807) is 7.11 Å². The zero-order valence-electron chi connectivity index (χ0n) is 10.6. The molecule has 0 aliphatic heterocycles. The lowest BCUT2D eigenvalue weighted by Crippen LogP contribution is -2.05. The molecule has 0 saturated heterocycles. The normalized spacial score (nSPS) is 9.94.